The van der Waals surface area contributed by atoms with Crippen LogP contribution in [0.15, 0.2) is 41.0 Å². The first-order chi connectivity index (χ1) is 8.58. The minimum Gasteiger partial charge on any atom is -0.320 e. The molecule has 18 heavy (non-hydrogen) atoms. The molecule has 0 atom stereocenters. The summed E-state index contributed by atoms with van der Waals surface area (Å²) in [4.78, 5) is 16.0. The molecule has 0 fully saturated rings. The van der Waals surface area contributed by atoms with Crippen LogP contribution in [0.4, 0.5) is 5.69 Å². The van der Waals surface area contributed by atoms with Gasteiger partial charge in [-0.25, -0.2) is 4.98 Å². The lowest BCUT2D eigenvalue weighted by Crippen LogP contribution is -2.14. The number of carbonyl (C=O) groups is 1. The van der Waals surface area contributed by atoms with E-state index in [2.05, 4.69) is 26.2 Å². The largest absolute Gasteiger partial charge is 0.320 e. The maximum absolute atomic E-state index is 12.0. The van der Waals surface area contributed by atoms with Crippen LogP contribution in [-0.2, 0) is 0 Å². The minimum absolute atomic E-state index is 0.257. The van der Waals surface area contributed by atoms with E-state index in [4.69, 9.17) is 11.6 Å². The number of carbonyl (C=O) groups excluding carboxylic acids is 1. The highest BCUT2D eigenvalue weighted by molar-refractivity contribution is 9.10. The van der Waals surface area contributed by atoms with Crippen LogP contribution in [0, 0.1) is 6.92 Å². The molecule has 0 saturated heterocycles. The van der Waals surface area contributed by atoms with Gasteiger partial charge in [0.1, 0.15) is 5.69 Å². The molecule has 0 unspecified atom stereocenters. The molecule has 0 aliphatic carbocycles. The Balaban J connectivity index is 2.21. The van der Waals surface area contributed by atoms with E-state index in [0.717, 1.165) is 10.0 Å². The highest BCUT2D eigenvalue weighted by Crippen LogP contribution is 2.23. The van der Waals surface area contributed by atoms with Gasteiger partial charge < -0.3 is 5.32 Å². The summed E-state index contributed by atoms with van der Waals surface area (Å²) < 4.78 is 0.831. The van der Waals surface area contributed by atoms with Gasteiger partial charge in [0.2, 0.25) is 0 Å². The van der Waals surface area contributed by atoms with Crippen LogP contribution >= 0.6 is 27.5 Å². The third kappa shape index (κ3) is 2.89. The SMILES string of the molecule is Cc1c(Cl)cccc1NC(=O)c1ccc(Br)cn1. The van der Waals surface area contributed by atoms with Gasteiger partial charge in [-0.15, -0.1) is 0 Å². The van der Waals surface area contributed by atoms with Gasteiger partial charge in [0, 0.05) is 21.4 Å². The molecule has 0 aliphatic heterocycles. The average molecular weight is 326 g/mol. The van der Waals surface area contributed by atoms with Crippen molar-refractivity contribution in [3.63, 3.8) is 0 Å². The fourth-order valence-electron chi connectivity index (χ4n) is 1.44. The van der Waals surface area contributed by atoms with Crippen molar-refractivity contribution >= 4 is 39.1 Å². The van der Waals surface area contributed by atoms with E-state index in [9.17, 15) is 4.79 Å². The van der Waals surface area contributed by atoms with Gasteiger partial charge in [-0.05, 0) is 52.7 Å². The van der Waals surface area contributed by atoms with E-state index in [-0.39, 0.29) is 5.91 Å². The molecular weight excluding hydrogens is 316 g/mol. The molecule has 2 aromatic rings. The molecule has 1 N–H and O–H groups in total. The van der Waals surface area contributed by atoms with Crippen molar-refractivity contribution in [1.29, 1.82) is 0 Å². The Morgan fingerprint density at radius 1 is 1.33 bits per heavy atom. The summed E-state index contributed by atoms with van der Waals surface area (Å²) in [5.41, 5.74) is 1.89. The van der Waals surface area contributed by atoms with Crippen LogP contribution in [0.5, 0.6) is 0 Å². The van der Waals surface area contributed by atoms with Crippen molar-refractivity contribution in [1.82, 2.24) is 4.98 Å². The number of aromatic nitrogens is 1. The predicted molar refractivity (Wildman–Crippen MR) is 76.1 cm³/mol. The average Bonchev–Trinajstić information content (AvgIpc) is 2.36. The standard InChI is InChI=1S/C13H10BrClN2O/c1-8-10(15)3-2-4-11(8)17-13(18)12-6-5-9(14)7-16-12/h2-7H,1H3,(H,17,18). The van der Waals surface area contributed by atoms with E-state index < -0.39 is 0 Å². The van der Waals surface area contributed by atoms with Gasteiger partial charge in [-0.2, -0.15) is 0 Å². The van der Waals surface area contributed by atoms with Gasteiger partial charge in [0.05, 0.1) is 0 Å². The minimum atomic E-state index is -0.257. The van der Waals surface area contributed by atoms with Crippen LogP contribution in [0.25, 0.3) is 0 Å². The normalized spacial score (nSPS) is 10.2. The number of nitrogens with zero attached hydrogens (tertiary/aromatic N) is 1. The first kappa shape index (κ1) is 13.1. The van der Waals surface area contributed by atoms with E-state index in [0.29, 0.717) is 16.4 Å². The summed E-state index contributed by atoms with van der Waals surface area (Å²) in [6.07, 6.45) is 1.58. The zero-order chi connectivity index (χ0) is 13.1. The van der Waals surface area contributed by atoms with Crippen molar-refractivity contribution in [2.75, 3.05) is 5.32 Å². The number of amides is 1. The molecule has 1 aromatic heterocycles. The van der Waals surface area contributed by atoms with Crippen LogP contribution < -0.4 is 5.32 Å². The lowest BCUT2D eigenvalue weighted by atomic mass is 10.2. The van der Waals surface area contributed by atoms with Gasteiger partial charge in [-0.3, -0.25) is 4.79 Å². The van der Waals surface area contributed by atoms with Crippen molar-refractivity contribution in [2.45, 2.75) is 6.92 Å². The first-order valence-corrected chi connectivity index (χ1v) is 6.43. The number of anilines is 1. The Bertz CT molecular complexity index is 584. The lowest BCUT2D eigenvalue weighted by Gasteiger charge is -2.08. The third-order valence-corrected chi connectivity index (χ3v) is 3.35. The molecule has 5 heteroatoms. The molecule has 1 aromatic carbocycles. The van der Waals surface area contributed by atoms with Gasteiger partial charge >= 0.3 is 0 Å². The molecular formula is C13H10BrClN2O. The van der Waals surface area contributed by atoms with E-state index in [1.54, 1.807) is 36.5 Å². The van der Waals surface area contributed by atoms with Crippen molar-refractivity contribution in [3.05, 3.63) is 57.3 Å². The molecule has 0 spiro atoms. The van der Waals surface area contributed by atoms with Crippen molar-refractivity contribution in [2.24, 2.45) is 0 Å². The van der Waals surface area contributed by atoms with E-state index in [1.807, 2.05) is 6.92 Å². The fourth-order valence-corrected chi connectivity index (χ4v) is 1.85. The zero-order valence-corrected chi connectivity index (χ0v) is 11.9. The van der Waals surface area contributed by atoms with Gasteiger partial charge in [0.25, 0.3) is 5.91 Å². The maximum atomic E-state index is 12.0. The van der Waals surface area contributed by atoms with Crippen LogP contribution in [0.2, 0.25) is 5.02 Å². The van der Waals surface area contributed by atoms with Crippen LogP contribution in [-0.4, -0.2) is 10.9 Å². The smallest absolute Gasteiger partial charge is 0.274 e. The van der Waals surface area contributed by atoms with Crippen LogP contribution in [0.1, 0.15) is 16.1 Å². The summed E-state index contributed by atoms with van der Waals surface area (Å²) in [6.45, 7) is 1.85. The highest BCUT2D eigenvalue weighted by atomic mass is 79.9. The molecule has 0 aliphatic rings. The lowest BCUT2D eigenvalue weighted by molar-refractivity contribution is 0.102. The molecule has 1 heterocycles. The van der Waals surface area contributed by atoms with E-state index >= 15 is 0 Å². The maximum Gasteiger partial charge on any atom is 0.274 e. The van der Waals surface area contributed by atoms with E-state index in [1.165, 1.54) is 0 Å². The monoisotopic (exact) mass is 324 g/mol. The third-order valence-electron chi connectivity index (χ3n) is 2.48. The van der Waals surface area contributed by atoms with Crippen molar-refractivity contribution < 1.29 is 4.79 Å². The second kappa shape index (κ2) is 5.50. The Morgan fingerprint density at radius 3 is 2.78 bits per heavy atom. The molecule has 0 radical (unpaired) electrons. The number of rotatable bonds is 2. The second-order valence-electron chi connectivity index (χ2n) is 3.73. The first-order valence-electron chi connectivity index (χ1n) is 5.26. The molecule has 3 nitrogen and oxygen atoms in total. The van der Waals surface area contributed by atoms with Gasteiger partial charge in [-0.1, -0.05) is 17.7 Å². The molecule has 2 rings (SSSR count). The Kier molecular flexibility index (Phi) is 3.99. The quantitative estimate of drug-likeness (QED) is 0.905. The number of pyridine rings is 1. The number of hydrogen-bond donors (Lipinski definition) is 1. The molecule has 1 amide bonds. The van der Waals surface area contributed by atoms with Crippen molar-refractivity contribution in [3.8, 4) is 0 Å². The summed E-state index contributed by atoms with van der Waals surface area (Å²) in [7, 11) is 0. The Hall–Kier alpha value is -1.39. The summed E-state index contributed by atoms with van der Waals surface area (Å²) in [5.74, 6) is -0.257. The zero-order valence-electron chi connectivity index (χ0n) is 9.58. The Morgan fingerprint density at radius 2 is 2.11 bits per heavy atom. The second-order valence-corrected chi connectivity index (χ2v) is 5.05. The number of benzene rings is 1. The fraction of sp³-hybridized carbons (Fsp3) is 0.0769. The van der Waals surface area contributed by atoms with Gasteiger partial charge in [0.15, 0.2) is 0 Å². The topological polar surface area (TPSA) is 42.0 Å². The number of halogens is 2. The predicted octanol–water partition coefficient (Wildman–Crippen LogP) is 4.06. The molecule has 0 bridgehead atoms. The van der Waals surface area contributed by atoms with Crippen LogP contribution in [0.3, 0.4) is 0 Å². The summed E-state index contributed by atoms with van der Waals surface area (Å²) in [5, 5.41) is 3.41. The molecule has 0 saturated carbocycles. The summed E-state index contributed by atoms with van der Waals surface area (Å²) >= 11 is 9.26. The molecule has 92 valence electrons. The number of nitrogens with one attached hydrogen (secondary N) is 1. The highest BCUT2D eigenvalue weighted by Gasteiger charge is 2.09. The summed E-state index contributed by atoms with van der Waals surface area (Å²) in [6, 6.07) is 8.80. The Labute approximate surface area is 118 Å². The number of hydrogen-bond acceptors (Lipinski definition) is 2.